The van der Waals surface area contributed by atoms with E-state index in [2.05, 4.69) is 0 Å². The predicted molar refractivity (Wildman–Crippen MR) is 113 cm³/mol. The van der Waals surface area contributed by atoms with Gasteiger partial charge in [0.25, 0.3) is 0 Å². The molecule has 4 N–H and O–H groups in total. The average molecular weight is 430 g/mol. The third-order valence-electron chi connectivity index (χ3n) is 6.10. The van der Waals surface area contributed by atoms with E-state index >= 15 is 0 Å². The summed E-state index contributed by atoms with van der Waals surface area (Å²) in [7, 11) is 0. The SMILES string of the molecule is Cc1ccc([C@@H]2OC(CO)[C@@H](O)[C@H](O)[C@H]2O)cc1Cc1ccc(O[C@@H]2CCOC2)cc1. The smallest absolute Gasteiger partial charge is 0.124 e. The van der Waals surface area contributed by atoms with Crippen LogP contribution in [0.5, 0.6) is 5.75 Å². The first-order valence-electron chi connectivity index (χ1n) is 10.7. The Labute approximate surface area is 181 Å². The number of rotatable bonds is 6. The fourth-order valence-corrected chi connectivity index (χ4v) is 4.14. The van der Waals surface area contributed by atoms with Crippen molar-refractivity contribution in [1.82, 2.24) is 0 Å². The van der Waals surface area contributed by atoms with Crippen LogP contribution in [0.4, 0.5) is 0 Å². The van der Waals surface area contributed by atoms with E-state index < -0.39 is 37.1 Å². The first-order chi connectivity index (χ1) is 15.0. The second-order valence-corrected chi connectivity index (χ2v) is 8.36. The lowest BCUT2D eigenvalue weighted by Gasteiger charge is -2.40. The number of aliphatic hydroxyl groups excluding tert-OH is 4. The molecule has 2 heterocycles. The molecule has 7 heteroatoms. The van der Waals surface area contributed by atoms with Crippen molar-refractivity contribution in [1.29, 1.82) is 0 Å². The highest BCUT2D eigenvalue weighted by Gasteiger charge is 2.43. The van der Waals surface area contributed by atoms with E-state index in [0.29, 0.717) is 18.6 Å². The molecule has 2 aliphatic heterocycles. The third-order valence-corrected chi connectivity index (χ3v) is 6.10. The summed E-state index contributed by atoms with van der Waals surface area (Å²) in [4.78, 5) is 0. The van der Waals surface area contributed by atoms with Crippen molar-refractivity contribution in [3.63, 3.8) is 0 Å². The van der Waals surface area contributed by atoms with Gasteiger partial charge < -0.3 is 34.6 Å². The largest absolute Gasteiger partial charge is 0.488 e. The van der Waals surface area contributed by atoms with Crippen LogP contribution in [0.1, 0.15) is 34.8 Å². The molecule has 0 amide bonds. The van der Waals surface area contributed by atoms with Gasteiger partial charge in [-0.05, 0) is 47.7 Å². The summed E-state index contributed by atoms with van der Waals surface area (Å²) in [6.07, 6.45) is -4.09. The summed E-state index contributed by atoms with van der Waals surface area (Å²) in [5.74, 6) is 0.825. The van der Waals surface area contributed by atoms with Crippen molar-refractivity contribution in [2.45, 2.75) is 56.4 Å². The molecule has 0 aliphatic carbocycles. The molecule has 2 aromatic rings. The van der Waals surface area contributed by atoms with E-state index in [0.717, 1.165) is 35.5 Å². The molecule has 2 aliphatic rings. The number of aryl methyl sites for hydroxylation is 1. The molecule has 0 aromatic heterocycles. The van der Waals surface area contributed by atoms with Crippen LogP contribution in [-0.2, 0) is 15.9 Å². The predicted octanol–water partition coefficient (Wildman–Crippen LogP) is 1.27. The summed E-state index contributed by atoms with van der Waals surface area (Å²) in [5, 5.41) is 40.0. The Morgan fingerprint density at radius 3 is 2.45 bits per heavy atom. The van der Waals surface area contributed by atoms with E-state index in [1.165, 1.54) is 0 Å². The number of ether oxygens (including phenoxy) is 3. The Morgan fingerprint density at radius 1 is 1.00 bits per heavy atom. The van der Waals surface area contributed by atoms with Gasteiger partial charge in [0.1, 0.15) is 42.4 Å². The maximum absolute atomic E-state index is 10.4. The van der Waals surface area contributed by atoms with Gasteiger partial charge in [0, 0.05) is 6.42 Å². The first kappa shape index (κ1) is 22.2. The van der Waals surface area contributed by atoms with Gasteiger partial charge in [-0.15, -0.1) is 0 Å². The lowest BCUT2D eigenvalue weighted by molar-refractivity contribution is -0.231. The van der Waals surface area contributed by atoms with E-state index in [1.54, 1.807) is 0 Å². The molecule has 2 saturated heterocycles. The topological polar surface area (TPSA) is 109 Å². The Balaban J connectivity index is 1.49. The minimum atomic E-state index is -1.39. The number of aliphatic hydroxyl groups is 4. The van der Waals surface area contributed by atoms with Gasteiger partial charge in [-0.2, -0.15) is 0 Å². The molecule has 168 valence electrons. The van der Waals surface area contributed by atoms with Gasteiger partial charge >= 0.3 is 0 Å². The molecule has 0 spiro atoms. The minimum absolute atomic E-state index is 0.114. The number of hydrogen-bond donors (Lipinski definition) is 4. The molecule has 0 saturated carbocycles. The second-order valence-electron chi connectivity index (χ2n) is 8.36. The van der Waals surface area contributed by atoms with E-state index in [9.17, 15) is 20.4 Å². The fraction of sp³-hybridized carbons (Fsp3) is 0.500. The Kier molecular flexibility index (Phi) is 6.91. The summed E-state index contributed by atoms with van der Waals surface area (Å²) in [5.41, 5.74) is 3.96. The normalized spacial score (nSPS) is 31.0. The molecule has 2 fully saturated rings. The van der Waals surface area contributed by atoms with Crippen molar-refractivity contribution < 1.29 is 34.6 Å². The Morgan fingerprint density at radius 2 is 1.77 bits per heavy atom. The molecule has 7 nitrogen and oxygen atoms in total. The highest BCUT2D eigenvalue weighted by Crippen LogP contribution is 2.33. The summed E-state index contributed by atoms with van der Waals surface area (Å²) < 4.78 is 17.0. The summed E-state index contributed by atoms with van der Waals surface area (Å²) in [6.45, 7) is 2.95. The van der Waals surface area contributed by atoms with Crippen LogP contribution < -0.4 is 4.74 Å². The molecule has 2 aromatic carbocycles. The molecule has 4 rings (SSSR count). The van der Waals surface area contributed by atoms with E-state index in [4.69, 9.17) is 14.2 Å². The van der Waals surface area contributed by atoms with Crippen LogP contribution in [0.25, 0.3) is 0 Å². The van der Waals surface area contributed by atoms with E-state index in [-0.39, 0.29) is 6.10 Å². The van der Waals surface area contributed by atoms with Gasteiger partial charge in [-0.3, -0.25) is 0 Å². The molecule has 31 heavy (non-hydrogen) atoms. The van der Waals surface area contributed by atoms with Crippen LogP contribution in [0.3, 0.4) is 0 Å². The molecule has 1 unspecified atom stereocenters. The van der Waals surface area contributed by atoms with Crippen LogP contribution in [-0.4, -0.2) is 70.8 Å². The molecule has 0 radical (unpaired) electrons. The maximum atomic E-state index is 10.4. The van der Waals surface area contributed by atoms with E-state index in [1.807, 2.05) is 49.4 Å². The number of hydrogen-bond acceptors (Lipinski definition) is 7. The second kappa shape index (κ2) is 9.65. The molecule has 0 bridgehead atoms. The van der Waals surface area contributed by atoms with Crippen molar-refractivity contribution in [3.8, 4) is 5.75 Å². The average Bonchev–Trinajstić information content (AvgIpc) is 3.28. The summed E-state index contributed by atoms with van der Waals surface area (Å²) >= 11 is 0. The van der Waals surface area contributed by atoms with Crippen molar-refractivity contribution in [2.75, 3.05) is 19.8 Å². The summed E-state index contributed by atoms with van der Waals surface area (Å²) in [6, 6.07) is 13.7. The zero-order valence-electron chi connectivity index (χ0n) is 17.6. The molecule has 6 atom stereocenters. The van der Waals surface area contributed by atoms with Crippen molar-refractivity contribution in [2.24, 2.45) is 0 Å². The van der Waals surface area contributed by atoms with Gasteiger partial charge in [0.15, 0.2) is 0 Å². The molecular formula is C24H30O7. The minimum Gasteiger partial charge on any atom is -0.488 e. The molecular weight excluding hydrogens is 400 g/mol. The van der Waals surface area contributed by atoms with Crippen molar-refractivity contribution >= 4 is 0 Å². The zero-order chi connectivity index (χ0) is 22.0. The standard InChI is InChI=1S/C24H30O7/c1-14-2-5-16(24-23(28)22(27)21(26)20(12-25)31-24)11-17(14)10-15-3-6-18(7-4-15)30-19-8-9-29-13-19/h2-7,11,19-28H,8-10,12-13H2,1H3/t19-,20?,21-,22+,23-,24+/m1/s1. The van der Waals surface area contributed by atoms with Gasteiger partial charge in [0.05, 0.1) is 19.8 Å². The van der Waals surface area contributed by atoms with Gasteiger partial charge in [-0.25, -0.2) is 0 Å². The van der Waals surface area contributed by atoms with Crippen LogP contribution in [0, 0.1) is 6.92 Å². The Hall–Kier alpha value is -2.00. The third kappa shape index (κ3) is 4.92. The zero-order valence-corrected chi connectivity index (χ0v) is 17.6. The first-order valence-corrected chi connectivity index (χ1v) is 10.7. The Bertz CT molecular complexity index is 861. The number of benzene rings is 2. The highest BCUT2D eigenvalue weighted by molar-refractivity contribution is 5.38. The van der Waals surface area contributed by atoms with Crippen LogP contribution >= 0.6 is 0 Å². The van der Waals surface area contributed by atoms with Crippen LogP contribution in [0.15, 0.2) is 42.5 Å². The monoisotopic (exact) mass is 430 g/mol. The lowest BCUT2D eigenvalue weighted by atomic mass is 9.89. The fourth-order valence-electron chi connectivity index (χ4n) is 4.14. The van der Waals surface area contributed by atoms with Crippen LogP contribution in [0.2, 0.25) is 0 Å². The maximum Gasteiger partial charge on any atom is 0.124 e. The lowest BCUT2D eigenvalue weighted by Crippen LogP contribution is -2.55. The van der Waals surface area contributed by atoms with Crippen molar-refractivity contribution in [3.05, 3.63) is 64.7 Å². The van der Waals surface area contributed by atoms with Gasteiger partial charge in [-0.1, -0.05) is 30.3 Å². The highest BCUT2D eigenvalue weighted by atomic mass is 16.5. The quantitative estimate of drug-likeness (QED) is 0.547. The van der Waals surface area contributed by atoms with Gasteiger partial charge in [0.2, 0.25) is 0 Å².